The van der Waals surface area contributed by atoms with Crippen molar-refractivity contribution in [3.63, 3.8) is 0 Å². The molecule has 7 heteroatoms. The van der Waals surface area contributed by atoms with E-state index in [1.54, 1.807) is 13.1 Å². The fraction of sp³-hybridized carbons (Fsp3) is 0.696. The molecule has 3 aliphatic rings. The van der Waals surface area contributed by atoms with Gasteiger partial charge < -0.3 is 20.4 Å². The van der Waals surface area contributed by atoms with Gasteiger partial charge in [-0.25, -0.2) is 4.39 Å². The van der Waals surface area contributed by atoms with Crippen LogP contribution in [0.1, 0.15) is 38.7 Å². The molecule has 0 spiro atoms. The first-order valence-electron chi connectivity index (χ1n) is 11.6. The highest BCUT2D eigenvalue weighted by atomic mass is 19.1. The average Bonchev–Trinajstić information content (AvgIpc) is 3.54. The van der Waals surface area contributed by atoms with Gasteiger partial charge in [0.25, 0.3) is 0 Å². The highest BCUT2D eigenvalue weighted by Crippen LogP contribution is 2.33. The summed E-state index contributed by atoms with van der Waals surface area (Å²) in [7, 11) is 1.80. The lowest BCUT2D eigenvalue weighted by molar-refractivity contribution is 0.256. The maximum atomic E-state index is 14.8. The van der Waals surface area contributed by atoms with Crippen LogP contribution in [0.3, 0.4) is 0 Å². The summed E-state index contributed by atoms with van der Waals surface area (Å²) in [4.78, 5) is 11.6. The zero-order valence-corrected chi connectivity index (χ0v) is 18.7. The molecular formula is C23H37FN6. The van der Waals surface area contributed by atoms with Crippen molar-refractivity contribution in [1.29, 1.82) is 0 Å². The number of benzene rings is 1. The van der Waals surface area contributed by atoms with Crippen molar-refractivity contribution in [2.75, 3.05) is 51.2 Å². The van der Waals surface area contributed by atoms with Crippen molar-refractivity contribution in [1.82, 2.24) is 20.4 Å². The smallest absolute Gasteiger partial charge is 0.191 e. The number of likely N-dealkylation sites (N-methyl/N-ethyl adjacent to an activating group) is 1. The molecule has 2 saturated heterocycles. The standard InChI is InChI=1S/C23H37FN6/c1-4-28-9-11-29(12-10-28)22-8-5-18(14-21(22)24)15-26-23(25-3)27-19-13-17(2)30(16-19)20-6-7-20/h5,8,14,17,19-20H,4,6-7,9-13,15-16H2,1-3H3,(H2,25,26,27). The molecule has 1 aromatic carbocycles. The number of hydrogen-bond acceptors (Lipinski definition) is 4. The molecule has 0 radical (unpaired) electrons. The molecule has 30 heavy (non-hydrogen) atoms. The molecule has 6 nitrogen and oxygen atoms in total. The Morgan fingerprint density at radius 3 is 2.60 bits per heavy atom. The van der Waals surface area contributed by atoms with E-state index in [0.717, 1.165) is 68.9 Å². The van der Waals surface area contributed by atoms with Gasteiger partial charge in [0.2, 0.25) is 0 Å². The van der Waals surface area contributed by atoms with Crippen molar-refractivity contribution < 1.29 is 4.39 Å². The van der Waals surface area contributed by atoms with Crippen LogP contribution in [0.5, 0.6) is 0 Å². The van der Waals surface area contributed by atoms with Crippen LogP contribution < -0.4 is 15.5 Å². The van der Waals surface area contributed by atoms with Crippen LogP contribution in [0.25, 0.3) is 0 Å². The van der Waals surface area contributed by atoms with Crippen LogP contribution in [0, 0.1) is 5.82 Å². The van der Waals surface area contributed by atoms with E-state index in [-0.39, 0.29) is 5.82 Å². The summed E-state index contributed by atoms with van der Waals surface area (Å²) in [5.74, 6) is 0.664. The van der Waals surface area contributed by atoms with E-state index in [1.807, 2.05) is 12.1 Å². The topological polar surface area (TPSA) is 46.1 Å². The van der Waals surface area contributed by atoms with Gasteiger partial charge >= 0.3 is 0 Å². The molecule has 166 valence electrons. The quantitative estimate of drug-likeness (QED) is 0.550. The minimum atomic E-state index is -0.133. The van der Waals surface area contributed by atoms with Gasteiger partial charge in [0.1, 0.15) is 5.82 Å². The van der Waals surface area contributed by atoms with Crippen molar-refractivity contribution in [3.8, 4) is 0 Å². The van der Waals surface area contributed by atoms with Gasteiger partial charge in [-0.05, 0) is 50.4 Å². The molecule has 1 aromatic rings. The van der Waals surface area contributed by atoms with Gasteiger partial charge in [0.05, 0.1) is 5.69 Å². The molecule has 2 atom stereocenters. The molecule has 2 unspecified atom stereocenters. The van der Waals surface area contributed by atoms with Crippen LogP contribution in [-0.4, -0.2) is 80.2 Å². The van der Waals surface area contributed by atoms with Crippen LogP contribution in [0.4, 0.5) is 10.1 Å². The van der Waals surface area contributed by atoms with Gasteiger partial charge in [-0.2, -0.15) is 0 Å². The Balaban J connectivity index is 1.28. The van der Waals surface area contributed by atoms with Gasteiger partial charge in [-0.1, -0.05) is 13.0 Å². The van der Waals surface area contributed by atoms with Crippen molar-refractivity contribution in [2.45, 2.75) is 57.8 Å². The highest BCUT2D eigenvalue weighted by Gasteiger charge is 2.38. The van der Waals surface area contributed by atoms with E-state index in [4.69, 9.17) is 0 Å². The summed E-state index contributed by atoms with van der Waals surface area (Å²) in [6.45, 7) is 11.0. The maximum absolute atomic E-state index is 14.8. The summed E-state index contributed by atoms with van der Waals surface area (Å²) in [5.41, 5.74) is 1.66. The summed E-state index contributed by atoms with van der Waals surface area (Å²) in [6.07, 6.45) is 3.84. The first-order valence-corrected chi connectivity index (χ1v) is 11.6. The number of likely N-dealkylation sites (tertiary alicyclic amines) is 1. The van der Waals surface area contributed by atoms with E-state index in [1.165, 1.54) is 12.8 Å². The van der Waals surface area contributed by atoms with Gasteiger partial charge in [-0.15, -0.1) is 0 Å². The monoisotopic (exact) mass is 416 g/mol. The zero-order chi connectivity index (χ0) is 21.1. The highest BCUT2D eigenvalue weighted by molar-refractivity contribution is 5.80. The predicted octanol–water partition coefficient (Wildman–Crippen LogP) is 2.26. The van der Waals surface area contributed by atoms with Gasteiger partial charge in [0, 0.05) is 64.4 Å². The Bertz CT molecular complexity index is 741. The molecule has 2 heterocycles. The maximum Gasteiger partial charge on any atom is 0.191 e. The van der Waals surface area contributed by atoms with Crippen LogP contribution >= 0.6 is 0 Å². The van der Waals surface area contributed by atoms with E-state index in [9.17, 15) is 4.39 Å². The van der Waals surface area contributed by atoms with E-state index in [0.29, 0.717) is 18.6 Å². The number of nitrogens with zero attached hydrogens (tertiary/aromatic N) is 4. The van der Waals surface area contributed by atoms with E-state index >= 15 is 0 Å². The molecule has 1 saturated carbocycles. The third kappa shape index (κ3) is 5.06. The largest absolute Gasteiger partial charge is 0.367 e. The SMILES string of the molecule is CCN1CCN(c2ccc(CNC(=NC)NC3CC(C)N(C4CC4)C3)cc2F)CC1. The van der Waals surface area contributed by atoms with E-state index in [2.05, 4.69) is 44.2 Å². The van der Waals surface area contributed by atoms with Crippen molar-refractivity contribution in [3.05, 3.63) is 29.6 Å². The summed E-state index contributed by atoms with van der Waals surface area (Å²) in [6, 6.07) is 7.47. The summed E-state index contributed by atoms with van der Waals surface area (Å²) >= 11 is 0. The molecule has 0 amide bonds. The Morgan fingerprint density at radius 2 is 1.97 bits per heavy atom. The minimum Gasteiger partial charge on any atom is -0.367 e. The molecule has 2 N–H and O–H groups in total. The predicted molar refractivity (Wildman–Crippen MR) is 122 cm³/mol. The number of nitrogens with one attached hydrogen (secondary N) is 2. The first-order chi connectivity index (χ1) is 14.6. The molecule has 2 aliphatic heterocycles. The van der Waals surface area contributed by atoms with Gasteiger partial charge in [-0.3, -0.25) is 9.89 Å². The number of halogens is 1. The molecule has 1 aliphatic carbocycles. The van der Waals surface area contributed by atoms with Crippen LogP contribution in [-0.2, 0) is 6.54 Å². The van der Waals surface area contributed by atoms with Gasteiger partial charge in [0.15, 0.2) is 5.96 Å². The zero-order valence-electron chi connectivity index (χ0n) is 18.7. The lowest BCUT2D eigenvalue weighted by Crippen LogP contribution is -2.46. The average molecular weight is 417 g/mol. The summed E-state index contributed by atoms with van der Waals surface area (Å²) in [5, 5.41) is 6.92. The second-order valence-corrected chi connectivity index (χ2v) is 8.99. The number of piperazine rings is 1. The molecule has 4 rings (SSSR count). The Labute approximate surface area is 180 Å². The van der Waals surface area contributed by atoms with Crippen molar-refractivity contribution >= 4 is 11.6 Å². The number of guanidine groups is 1. The third-order valence-corrected chi connectivity index (χ3v) is 6.84. The Morgan fingerprint density at radius 1 is 1.20 bits per heavy atom. The Hall–Kier alpha value is -1.86. The van der Waals surface area contributed by atoms with Crippen LogP contribution in [0.15, 0.2) is 23.2 Å². The number of rotatable bonds is 6. The first kappa shape index (κ1) is 21.4. The lowest BCUT2D eigenvalue weighted by atomic mass is 10.1. The lowest BCUT2D eigenvalue weighted by Gasteiger charge is -2.35. The molecular weight excluding hydrogens is 379 g/mol. The number of hydrogen-bond donors (Lipinski definition) is 2. The second-order valence-electron chi connectivity index (χ2n) is 8.99. The summed E-state index contributed by atoms with van der Waals surface area (Å²) < 4.78 is 14.8. The van der Waals surface area contributed by atoms with E-state index < -0.39 is 0 Å². The fourth-order valence-corrected chi connectivity index (χ4v) is 4.87. The second kappa shape index (κ2) is 9.52. The van der Waals surface area contributed by atoms with Crippen molar-refractivity contribution in [2.24, 2.45) is 4.99 Å². The third-order valence-electron chi connectivity index (χ3n) is 6.84. The van der Waals surface area contributed by atoms with Crippen LogP contribution in [0.2, 0.25) is 0 Å². The Kier molecular flexibility index (Phi) is 6.78. The normalized spacial score (nSPS) is 26.3. The minimum absolute atomic E-state index is 0.133. The molecule has 3 fully saturated rings. The molecule has 0 bridgehead atoms. The number of anilines is 1. The number of aliphatic imine (C=N–C) groups is 1. The fourth-order valence-electron chi connectivity index (χ4n) is 4.87. The molecule has 0 aromatic heterocycles.